The zero-order valence-electron chi connectivity index (χ0n) is 14.1. The number of aromatic nitrogens is 2. The van der Waals surface area contributed by atoms with Crippen LogP contribution in [0.25, 0.3) is 5.52 Å². The van der Waals surface area contributed by atoms with E-state index < -0.39 is 16.7 Å². The van der Waals surface area contributed by atoms with Gasteiger partial charge in [-0.1, -0.05) is 37.6 Å². The Morgan fingerprint density at radius 1 is 1.23 bits per heavy atom. The van der Waals surface area contributed by atoms with Gasteiger partial charge in [0.2, 0.25) is 5.43 Å². The third-order valence-corrected chi connectivity index (χ3v) is 4.80. The summed E-state index contributed by atoms with van der Waals surface area (Å²) in [4.78, 5) is 24.9. The van der Waals surface area contributed by atoms with Gasteiger partial charge in [0, 0.05) is 23.1 Å². The molecule has 0 amide bonds. The van der Waals surface area contributed by atoms with E-state index in [1.54, 1.807) is 22.7 Å². The zero-order chi connectivity index (χ0) is 18.3. The van der Waals surface area contributed by atoms with Gasteiger partial charge in [-0.25, -0.2) is 0 Å². The molecule has 3 rings (SSSR count). The molecule has 0 spiro atoms. The predicted octanol–water partition coefficient (Wildman–Crippen LogP) is 4.18. The van der Waals surface area contributed by atoms with Gasteiger partial charge in [-0.3, -0.25) is 9.59 Å². The number of rotatable bonds is 3. The summed E-state index contributed by atoms with van der Waals surface area (Å²) >= 11 is 9.15. The van der Waals surface area contributed by atoms with E-state index in [9.17, 15) is 14.7 Å². The number of hydrogen-bond acceptors (Lipinski definition) is 3. The van der Waals surface area contributed by atoms with E-state index in [0.717, 1.165) is 11.3 Å². The van der Waals surface area contributed by atoms with Gasteiger partial charge < -0.3 is 14.1 Å². The molecular weight excluding hydrogens is 443 g/mol. The Hall–Kier alpha value is -1.76. The molecule has 3 aromatic rings. The van der Waals surface area contributed by atoms with E-state index in [1.165, 1.54) is 10.8 Å². The van der Waals surface area contributed by atoms with E-state index in [4.69, 9.17) is 11.6 Å². The number of hydrogen-bond donors (Lipinski definition) is 1. The minimum Gasteiger partial charge on any atom is -0.503 e. The molecule has 0 bridgehead atoms. The highest BCUT2D eigenvalue weighted by molar-refractivity contribution is 9.10. The van der Waals surface area contributed by atoms with Gasteiger partial charge in [-0.15, -0.1) is 12.4 Å². The van der Waals surface area contributed by atoms with Crippen molar-refractivity contribution in [1.29, 1.82) is 0 Å². The molecule has 0 fully saturated rings. The number of pyridine rings is 1. The SMILES string of the molecule is CC(C)c1cn(Cc2cccc(Cl)c2)c(=O)c2c(O)c(=O)c(Br)cn12.Cl. The van der Waals surface area contributed by atoms with Crippen molar-refractivity contribution in [2.75, 3.05) is 0 Å². The maximum atomic E-state index is 12.9. The summed E-state index contributed by atoms with van der Waals surface area (Å²) in [7, 11) is 0. The molecule has 1 aromatic carbocycles. The maximum absolute atomic E-state index is 12.9. The molecule has 0 saturated carbocycles. The summed E-state index contributed by atoms with van der Waals surface area (Å²) in [5, 5.41) is 10.8. The summed E-state index contributed by atoms with van der Waals surface area (Å²) in [5.74, 6) is -0.482. The van der Waals surface area contributed by atoms with Crippen molar-refractivity contribution in [3.05, 3.63) is 78.0 Å². The molecule has 0 aliphatic heterocycles. The first-order chi connectivity index (χ1) is 11.8. The number of halogens is 3. The van der Waals surface area contributed by atoms with Crippen molar-refractivity contribution in [3.8, 4) is 5.75 Å². The van der Waals surface area contributed by atoms with Crippen LogP contribution in [0.4, 0.5) is 0 Å². The van der Waals surface area contributed by atoms with Gasteiger partial charge in [0.1, 0.15) is 0 Å². The molecule has 0 radical (unpaired) electrons. The van der Waals surface area contributed by atoms with Crippen LogP contribution in [0.2, 0.25) is 5.02 Å². The molecular formula is C18H17BrCl2N2O3. The predicted molar refractivity (Wildman–Crippen MR) is 109 cm³/mol. The van der Waals surface area contributed by atoms with Crippen LogP contribution in [0.5, 0.6) is 5.75 Å². The van der Waals surface area contributed by atoms with Crippen LogP contribution >= 0.6 is 39.9 Å². The Labute approximate surface area is 169 Å². The van der Waals surface area contributed by atoms with Crippen molar-refractivity contribution in [1.82, 2.24) is 8.97 Å². The van der Waals surface area contributed by atoms with Crippen LogP contribution in [-0.4, -0.2) is 14.1 Å². The normalized spacial score (nSPS) is 11.0. The zero-order valence-corrected chi connectivity index (χ0v) is 17.2. The monoisotopic (exact) mass is 458 g/mol. The average molecular weight is 460 g/mol. The highest BCUT2D eigenvalue weighted by Gasteiger charge is 2.18. The van der Waals surface area contributed by atoms with Crippen molar-refractivity contribution in [3.63, 3.8) is 0 Å². The van der Waals surface area contributed by atoms with E-state index in [1.807, 2.05) is 26.0 Å². The quantitative estimate of drug-likeness (QED) is 0.639. The summed E-state index contributed by atoms with van der Waals surface area (Å²) in [5.41, 5.74) is 0.584. The second-order valence-electron chi connectivity index (χ2n) is 6.15. The van der Waals surface area contributed by atoms with Gasteiger partial charge in [-0.05, 0) is 39.5 Å². The highest BCUT2D eigenvalue weighted by Crippen LogP contribution is 2.21. The van der Waals surface area contributed by atoms with Crippen molar-refractivity contribution < 1.29 is 5.11 Å². The summed E-state index contributed by atoms with van der Waals surface area (Å²) in [6.07, 6.45) is 3.27. The minimum absolute atomic E-state index is 0. The van der Waals surface area contributed by atoms with Crippen molar-refractivity contribution in [2.45, 2.75) is 26.3 Å². The smallest absolute Gasteiger partial charge is 0.279 e. The first-order valence-corrected chi connectivity index (χ1v) is 8.88. The fraction of sp³-hybridized carbons (Fsp3) is 0.222. The minimum atomic E-state index is -0.604. The highest BCUT2D eigenvalue weighted by atomic mass is 79.9. The van der Waals surface area contributed by atoms with Crippen LogP contribution < -0.4 is 11.0 Å². The Bertz CT molecular complexity index is 1090. The van der Waals surface area contributed by atoms with Crippen molar-refractivity contribution >= 4 is 45.5 Å². The first-order valence-electron chi connectivity index (χ1n) is 7.71. The van der Waals surface area contributed by atoms with Crippen molar-refractivity contribution in [2.24, 2.45) is 0 Å². The van der Waals surface area contributed by atoms with Crippen LogP contribution in [0.3, 0.4) is 0 Å². The molecule has 8 heteroatoms. The number of fused-ring (bicyclic) bond motifs is 1. The first kappa shape index (κ1) is 20.6. The largest absolute Gasteiger partial charge is 0.503 e. The lowest BCUT2D eigenvalue weighted by Gasteiger charge is -2.17. The number of benzene rings is 1. The van der Waals surface area contributed by atoms with Gasteiger partial charge in [0.05, 0.1) is 11.0 Å². The van der Waals surface area contributed by atoms with Gasteiger partial charge in [0.25, 0.3) is 5.56 Å². The van der Waals surface area contributed by atoms with Gasteiger partial charge in [-0.2, -0.15) is 0 Å². The second kappa shape index (κ2) is 7.86. The molecule has 0 unspecified atom stereocenters. The van der Waals surface area contributed by atoms with Crippen LogP contribution in [0.1, 0.15) is 31.0 Å². The lowest BCUT2D eigenvalue weighted by atomic mass is 10.1. The van der Waals surface area contributed by atoms with E-state index in [0.29, 0.717) is 11.6 Å². The van der Waals surface area contributed by atoms with E-state index >= 15 is 0 Å². The van der Waals surface area contributed by atoms with E-state index in [-0.39, 0.29) is 28.3 Å². The fourth-order valence-electron chi connectivity index (χ4n) is 2.77. The van der Waals surface area contributed by atoms with Crippen LogP contribution in [0, 0.1) is 0 Å². The Morgan fingerprint density at radius 3 is 2.54 bits per heavy atom. The standard InChI is InChI=1S/C18H16BrClN2O3.ClH/c1-10(2)14-9-21(7-11-4-3-5-12(20)6-11)18(25)15-17(24)16(23)13(19)8-22(14)15;/h3-6,8-10,24H,7H2,1-2H3;1H. The topological polar surface area (TPSA) is 63.7 Å². The molecule has 0 saturated heterocycles. The van der Waals surface area contributed by atoms with Gasteiger partial charge in [0.15, 0.2) is 11.3 Å². The maximum Gasteiger partial charge on any atom is 0.279 e. The summed E-state index contributed by atoms with van der Waals surface area (Å²) in [6, 6.07) is 7.22. The van der Waals surface area contributed by atoms with Gasteiger partial charge >= 0.3 is 0 Å². The summed E-state index contributed by atoms with van der Waals surface area (Å²) in [6.45, 7) is 4.25. The Morgan fingerprint density at radius 2 is 1.92 bits per heavy atom. The Balaban J connectivity index is 0.00000243. The molecule has 0 atom stereocenters. The number of nitrogens with zero attached hydrogens (tertiary/aromatic N) is 2. The molecule has 1 N–H and O–H groups in total. The molecule has 5 nitrogen and oxygen atoms in total. The lowest BCUT2D eigenvalue weighted by molar-refractivity contribution is 0.470. The lowest BCUT2D eigenvalue weighted by Crippen LogP contribution is -2.27. The van der Waals surface area contributed by atoms with E-state index in [2.05, 4.69) is 15.9 Å². The molecule has 2 aromatic heterocycles. The molecule has 2 heterocycles. The third kappa shape index (κ3) is 3.68. The molecule has 138 valence electrons. The molecule has 0 aliphatic carbocycles. The second-order valence-corrected chi connectivity index (χ2v) is 7.44. The van der Waals surface area contributed by atoms with Crippen LogP contribution in [0.15, 0.2) is 50.7 Å². The fourth-order valence-corrected chi connectivity index (χ4v) is 3.38. The Kier molecular flexibility index (Phi) is 6.21. The average Bonchev–Trinajstić information content (AvgIpc) is 2.54. The van der Waals surface area contributed by atoms with Crippen LogP contribution in [-0.2, 0) is 6.54 Å². The molecule has 26 heavy (non-hydrogen) atoms. The third-order valence-electron chi connectivity index (χ3n) is 4.00. The number of aromatic hydroxyl groups is 1. The summed E-state index contributed by atoms with van der Waals surface area (Å²) < 4.78 is 3.27. The molecule has 0 aliphatic rings.